The van der Waals surface area contributed by atoms with Crippen LogP contribution in [-0.4, -0.2) is 42.8 Å². The Hall–Kier alpha value is -0.580. The molecule has 4 nitrogen and oxygen atoms in total. The van der Waals surface area contributed by atoms with Gasteiger partial charge in [-0.25, -0.2) is 8.42 Å². The van der Waals surface area contributed by atoms with Crippen molar-refractivity contribution in [1.29, 1.82) is 0 Å². The average Bonchev–Trinajstić information content (AvgIpc) is 2.27. The first-order valence-corrected chi connectivity index (χ1v) is 8.55. The molecular formula is C13H23NO3S. The molecule has 0 atom stereocenters. The third-order valence-corrected chi connectivity index (χ3v) is 6.76. The Balaban J connectivity index is 1.92. The molecule has 104 valence electrons. The van der Waals surface area contributed by atoms with Gasteiger partial charge in [0.15, 0.2) is 9.84 Å². The van der Waals surface area contributed by atoms with Gasteiger partial charge >= 0.3 is 0 Å². The van der Waals surface area contributed by atoms with Gasteiger partial charge in [0.05, 0.1) is 10.5 Å². The number of carbonyl (C=O) groups is 1. The molecule has 1 saturated heterocycles. The molecule has 1 aliphatic carbocycles. The molecular weight excluding hydrogens is 250 g/mol. The third-order valence-electron chi connectivity index (χ3n) is 4.14. The Labute approximate surface area is 110 Å². The SMILES string of the molecule is CC(C)C(=O)N1CC(S(=O)(=O)C2CCCCC2)C1. The number of likely N-dealkylation sites (tertiary alicyclic amines) is 1. The third kappa shape index (κ3) is 2.56. The second-order valence-electron chi connectivity index (χ2n) is 5.87. The molecule has 18 heavy (non-hydrogen) atoms. The van der Waals surface area contributed by atoms with Crippen molar-refractivity contribution >= 4 is 15.7 Å². The minimum atomic E-state index is -3.01. The monoisotopic (exact) mass is 273 g/mol. The summed E-state index contributed by atoms with van der Waals surface area (Å²) in [5.41, 5.74) is 0. The minimum absolute atomic E-state index is 0.0386. The van der Waals surface area contributed by atoms with Gasteiger partial charge in [-0.15, -0.1) is 0 Å². The van der Waals surface area contributed by atoms with E-state index in [9.17, 15) is 13.2 Å². The molecule has 5 heteroatoms. The van der Waals surface area contributed by atoms with Gasteiger partial charge in [-0.05, 0) is 12.8 Å². The second-order valence-corrected chi connectivity index (χ2v) is 8.38. The van der Waals surface area contributed by atoms with E-state index in [0.29, 0.717) is 13.1 Å². The summed E-state index contributed by atoms with van der Waals surface area (Å²) in [6, 6.07) is 0. The van der Waals surface area contributed by atoms with Crippen molar-refractivity contribution in [2.45, 2.75) is 56.5 Å². The number of hydrogen-bond acceptors (Lipinski definition) is 3. The smallest absolute Gasteiger partial charge is 0.225 e. The topological polar surface area (TPSA) is 54.5 Å². The quantitative estimate of drug-likeness (QED) is 0.785. The highest BCUT2D eigenvalue weighted by molar-refractivity contribution is 7.92. The van der Waals surface area contributed by atoms with E-state index >= 15 is 0 Å². The molecule has 0 aromatic rings. The van der Waals surface area contributed by atoms with Crippen LogP contribution in [0.25, 0.3) is 0 Å². The number of rotatable bonds is 3. The molecule has 0 aromatic heterocycles. The van der Waals surface area contributed by atoms with Crippen LogP contribution in [-0.2, 0) is 14.6 Å². The molecule has 1 saturated carbocycles. The number of carbonyl (C=O) groups excluding carboxylic acids is 1. The first-order valence-electron chi connectivity index (χ1n) is 6.94. The first-order chi connectivity index (χ1) is 8.43. The van der Waals surface area contributed by atoms with Crippen LogP contribution in [0.2, 0.25) is 0 Å². The summed E-state index contributed by atoms with van der Waals surface area (Å²) >= 11 is 0. The van der Waals surface area contributed by atoms with Gasteiger partial charge < -0.3 is 4.90 Å². The standard InChI is InChI=1S/C13H23NO3S/c1-10(2)13(15)14-8-12(9-14)18(16,17)11-6-4-3-5-7-11/h10-12H,3-9H2,1-2H3. The van der Waals surface area contributed by atoms with E-state index in [2.05, 4.69) is 0 Å². The molecule has 0 spiro atoms. The average molecular weight is 273 g/mol. The van der Waals surface area contributed by atoms with Crippen LogP contribution in [0.5, 0.6) is 0 Å². The van der Waals surface area contributed by atoms with Crippen LogP contribution >= 0.6 is 0 Å². The zero-order valence-electron chi connectivity index (χ0n) is 11.3. The van der Waals surface area contributed by atoms with Crippen molar-refractivity contribution < 1.29 is 13.2 Å². The molecule has 2 fully saturated rings. The lowest BCUT2D eigenvalue weighted by molar-refractivity contribution is -0.137. The highest BCUT2D eigenvalue weighted by Crippen LogP contribution is 2.30. The van der Waals surface area contributed by atoms with E-state index in [1.54, 1.807) is 4.90 Å². The van der Waals surface area contributed by atoms with Crippen LogP contribution in [0.15, 0.2) is 0 Å². The maximum absolute atomic E-state index is 12.4. The van der Waals surface area contributed by atoms with Crippen molar-refractivity contribution in [2.75, 3.05) is 13.1 Å². The molecule has 0 bridgehead atoms. The van der Waals surface area contributed by atoms with Gasteiger partial charge in [-0.1, -0.05) is 33.1 Å². The Morgan fingerprint density at radius 3 is 2.11 bits per heavy atom. The lowest BCUT2D eigenvalue weighted by Gasteiger charge is -2.41. The molecule has 0 aromatic carbocycles. The van der Waals surface area contributed by atoms with Gasteiger partial charge in [0, 0.05) is 19.0 Å². The van der Waals surface area contributed by atoms with Crippen molar-refractivity contribution in [3.63, 3.8) is 0 Å². The van der Waals surface area contributed by atoms with Crippen LogP contribution in [0, 0.1) is 5.92 Å². The Morgan fingerprint density at radius 1 is 1.06 bits per heavy atom. The van der Waals surface area contributed by atoms with E-state index in [-0.39, 0.29) is 22.3 Å². The Morgan fingerprint density at radius 2 is 1.61 bits per heavy atom. The molecule has 1 amide bonds. The van der Waals surface area contributed by atoms with Gasteiger partial charge in [0.1, 0.15) is 0 Å². The van der Waals surface area contributed by atoms with Crippen LogP contribution in [0.1, 0.15) is 46.0 Å². The summed E-state index contributed by atoms with van der Waals surface area (Å²) in [4.78, 5) is 13.4. The molecule has 1 aliphatic heterocycles. The molecule has 0 unspecified atom stereocenters. The van der Waals surface area contributed by atoms with Gasteiger partial charge in [0.25, 0.3) is 0 Å². The second kappa shape index (κ2) is 5.19. The van der Waals surface area contributed by atoms with Gasteiger partial charge in [-0.2, -0.15) is 0 Å². The molecule has 1 heterocycles. The number of sulfone groups is 1. The highest BCUT2D eigenvalue weighted by atomic mass is 32.2. The summed E-state index contributed by atoms with van der Waals surface area (Å²) in [5, 5.41) is -0.448. The Kier molecular flexibility index (Phi) is 3.99. The number of nitrogens with zero attached hydrogens (tertiary/aromatic N) is 1. The molecule has 0 radical (unpaired) electrons. The fourth-order valence-corrected chi connectivity index (χ4v) is 5.17. The molecule has 0 N–H and O–H groups in total. The maximum atomic E-state index is 12.4. The van der Waals surface area contributed by atoms with E-state index in [4.69, 9.17) is 0 Å². The van der Waals surface area contributed by atoms with Crippen molar-refractivity contribution in [2.24, 2.45) is 5.92 Å². The largest absolute Gasteiger partial charge is 0.340 e. The van der Waals surface area contributed by atoms with Crippen LogP contribution in [0.4, 0.5) is 0 Å². The molecule has 2 rings (SSSR count). The van der Waals surface area contributed by atoms with E-state index in [1.165, 1.54) is 0 Å². The van der Waals surface area contributed by atoms with E-state index < -0.39 is 9.84 Å². The summed E-state index contributed by atoms with van der Waals surface area (Å²) in [5.74, 6) is 0.0356. The van der Waals surface area contributed by atoms with Crippen molar-refractivity contribution in [3.05, 3.63) is 0 Å². The predicted octanol–water partition coefficient (Wildman–Crippen LogP) is 1.60. The fourth-order valence-electron chi connectivity index (χ4n) is 2.86. The summed E-state index contributed by atoms with van der Waals surface area (Å²) < 4.78 is 24.7. The molecule has 2 aliphatic rings. The van der Waals surface area contributed by atoms with Gasteiger partial charge in [0.2, 0.25) is 5.91 Å². The van der Waals surface area contributed by atoms with Crippen molar-refractivity contribution in [3.8, 4) is 0 Å². The van der Waals surface area contributed by atoms with E-state index in [1.807, 2.05) is 13.8 Å². The summed E-state index contributed by atoms with van der Waals surface area (Å²) in [6.07, 6.45) is 4.86. The highest BCUT2D eigenvalue weighted by Gasteiger charge is 2.43. The number of hydrogen-bond donors (Lipinski definition) is 0. The maximum Gasteiger partial charge on any atom is 0.225 e. The van der Waals surface area contributed by atoms with Crippen molar-refractivity contribution in [1.82, 2.24) is 4.90 Å². The summed E-state index contributed by atoms with van der Waals surface area (Å²) in [7, 11) is -3.01. The van der Waals surface area contributed by atoms with Crippen LogP contribution < -0.4 is 0 Å². The Bertz CT molecular complexity index is 404. The minimum Gasteiger partial charge on any atom is -0.340 e. The normalized spacial score (nSPS) is 23.2. The zero-order valence-corrected chi connectivity index (χ0v) is 12.1. The summed E-state index contributed by atoms with van der Waals surface area (Å²) in [6.45, 7) is 4.53. The predicted molar refractivity (Wildman–Crippen MR) is 71.0 cm³/mol. The lowest BCUT2D eigenvalue weighted by atomic mass is 10.0. The fraction of sp³-hybridized carbons (Fsp3) is 0.923. The van der Waals surface area contributed by atoms with E-state index in [0.717, 1.165) is 32.1 Å². The first kappa shape index (κ1) is 13.8. The van der Waals surface area contributed by atoms with Crippen LogP contribution in [0.3, 0.4) is 0 Å². The number of amides is 1. The zero-order chi connectivity index (χ0) is 13.3. The lowest BCUT2D eigenvalue weighted by Crippen LogP contribution is -2.59. The van der Waals surface area contributed by atoms with Gasteiger partial charge in [-0.3, -0.25) is 4.79 Å².